The van der Waals surface area contributed by atoms with Crippen LogP contribution in [0.3, 0.4) is 0 Å². The number of ether oxygens (including phenoxy) is 1. The van der Waals surface area contributed by atoms with Crippen molar-refractivity contribution in [3.8, 4) is 5.75 Å². The van der Waals surface area contributed by atoms with Crippen LogP contribution in [0.15, 0.2) is 24.3 Å². The molecule has 21 heavy (non-hydrogen) atoms. The lowest BCUT2D eigenvalue weighted by atomic mass is 10.0. The van der Waals surface area contributed by atoms with Crippen molar-refractivity contribution in [2.75, 3.05) is 6.54 Å². The second kappa shape index (κ2) is 7.96. The zero-order valence-electron chi connectivity index (χ0n) is 12.0. The lowest BCUT2D eigenvalue weighted by Crippen LogP contribution is -2.27. The van der Waals surface area contributed by atoms with E-state index in [9.17, 15) is 13.6 Å². The molecule has 1 aromatic carbocycles. The summed E-state index contributed by atoms with van der Waals surface area (Å²) in [6.07, 6.45) is 6.13. The molecule has 1 N–H and O–H groups in total. The second-order valence-corrected chi connectivity index (χ2v) is 5.48. The fourth-order valence-corrected chi connectivity index (χ4v) is 2.73. The summed E-state index contributed by atoms with van der Waals surface area (Å²) in [6.45, 7) is -2.23. The molecule has 0 aromatic heterocycles. The zero-order chi connectivity index (χ0) is 15.1. The predicted octanol–water partition coefficient (Wildman–Crippen LogP) is 3.53. The SMILES string of the molecule is O=C(CC1CCCC1)NCCc1ccc(OC(F)F)cc1. The van der Waals surface area contributed by atoms with Gasteiger partial charge in [0.15, 0.2) is 0 Å². The van der Waals surface area contributed by atoms with Crippen LogP contribution in [0.4, 0.5) is 8.78 Å². The van der Waals surface area contributed by atoms with E-state index in [-0.39, 0.29) is 11.7 Å². The highest BCUT2D eigenvalue weighted by Crippen LogP contribution is 2.27. The third-order valence-corrected chi connectivity index (χ3v) is 3.83. The van der Waals surface area contributed by atoms with Crippen LogP contribution in [0.2, 0.25) is 0 Å². The Bertz CT molecular complexity index is 442. The van der Waals surface area contributed by atoms with E-state index in [1.165, 1.54) is 37.8 Å². The van der Waals surface area contributed by atoms with Crippen molar-refractivity contribution in [3.05, 3.63) is 29.8 Å². The number of hydrogen-bond donors (Lipinski definition) is 1. The van der Waals surface area contributed by atoms with Crippen LogP contribution in [0.25, 0.3) is 0 Å². The van der Waals surface area contributed by atoms with Gasteiger partial charge in [0.2, 0.25) is 5.91 Å². The summed E-state index contributed by atoms with van der Waals surface area (Å²) in [5.41, 5.74) is 0.984. The fourth-order valence-electron chi connectivity index (χ4n) is 2.73. The monoisotopic (exact) mass is 297 g/mol. The first-order valence-electron chi connectivity index (χ1n) is 7.44. The first-order chi connectivity index (χ1) is 10.1. The van der Waals surface area contributed by atoms with Crippen LogP contribution in [0.1, 0.15) is 37.7 Å². The molecule has 116 valence electrons. The van der Waals surface area contributed by atoms with Crippen LogP contribution in [0, 0.1) is 5.92 Å². The van der Waals surface area contributed by atoms with E-state index in [0.29, 0.717) is 25.3 Å². The number of hydrogen-bond acceptors (Lipinski definition) is 2. The normalized spacial score (nSPS) is 15.4. The van der Waals surface area contributed by atoms with Crippen LogP contribution < -0.4 is 10.1 Å². The van der Waals surface area contributed by atoms with Gasteiger partial charge in [0.05, 0.1) is 0 Å². The van der Waals surface area contributed by atoms with Gasteiger partial charge in [0, 0.05) is 13.0 Å². The topological polar surface area (TPSA) is 38.3 Å². The van der Waals surface area contributed by atoms with Crippen molar-refractivity contribution in [2.45, 2.75) is 45.1 Å². The molecule has 0 spiro atoms. The summed E-state index contributed by atoms with van der Waals surface area (Å²) < 4.78 is 28.3. The number of alkyl halides is 2. The molecule has 0 atom stereocenters. The molecular weight excluding hydrogens is 276 g/mol. The van der Waals surface area contributed by atoms with Crippen LogP contribution in [-0.4, -0.2) is 19.1 Å². The second-order valence-electron chi connectivity index (χ2n) is 5.48. The average molecular weight is 297 g/mol. The fraction of sp³-hybridized carbons (Fsp3) is 0.562. The molecule has 0 unspecified atom stereocenters. The summed E-state index contributed by atoms with van der Waals surface area (Å²) >= 11 is 0. The Hall–Kier alpha value is -1.65. The minimum absolute atomic E-state index is 0.111. The van der Waals surface area contributed by atoms with E-state index in [0.717, 1.165) is 5.56 Å². The lowest BCUT2D eigenvalue weighted by Gasteiger charge is -2.10. The van der Waals surface area contributed by atoms with Crippen molar-refractivity contribution in [3.63, 3.8) is 0 Å². The van der Waals surface area contributed by atoms with Crippen molar-refractivity contribution >= 4 is 5.91 Å². The molecule has 0 aliphatic heterocycles. The Balaban J connectivity index is 1.66. The number of halogens is 2. The molecule has 2 rings (SSSR count). The van der Waals surface area contributed by atoms with Gasteiger partial charge in [0.1, 0.15) is 5.75 Å². The van der Waals surface area contributed by atoms with Gasteiger partial charge in [-0.1, -0.05) is 25.0 Å². The third-order valence-electron chi connectivity index (χ3n) is 3.83. The molecule has 1 saturated carbocycles. The highest BCUT2D eigenvalue weighted by Gasteiger charge is 2.17. The van der Waals surface area contributed by atoms with Gasteiger partial charge in [-0.3, -0.25) is 4.79 Å². The van der Waals surface area contributed by atoms with Crippen molar-refractivity contribution in [1.82, 2.24) is 5.32 Å². The highest BCUT2D eigenvalue weighted by molar-refractivity contribution is 5.76. The summed E-state index contributed by atoms with van der Waals surface area (Å²) in [7, 11) is 0. The Kier molecular flexibility index (Phi) is 5.96. The molecule has 3 nitrogen and oxygen atoms in total. The van der Waals surface area contributed by atoms with Crippen LogP contribution in [-0.2, 0) is 11.2 Å². The van der Waals surface area contributed by atoms with Gasteiger partial charge in [0.25, 0.3) is 0 Å². The van der Waals surface area contributed by atoms with Crippen molar-refractivity contribution in [2.24, 2.45) is 5.92 Å². The molecule has 5 heteroatoms. The molecule has 0 heterocycles. The standard InChI is InChI=1S/C16H21F2NO2/c17-16(18)21-14-7-5-12(6-8-14)9-10-19-15(20)11-13-3-1-2-4-13/h5-8,13,16H,1-4,9-11H2,(H,19,20). The summed E-state index contributed by atoms with van der Waals surface area (Å²) in [5.74, 6) is 0.814. The number of rotatable bonds is 7. The molecule has 1 aliphatic rings. The maximum absolute atomic E-state index is 12.0. The van der Waals surface area contributed by atoms with Crippen LogP contribution >= 0.6 is 0 Å². The number of amides is 1. The largest absolute Gasteiger partial charge is 0.435 e. The minimum Gasteiger partial charge on any atom is -0.435 e. The van der Waals surface area contributed by atoms with E-state index in [1.54, 1.807) is 12.1 Å². The predicted molar refractivity (Wildman–Crippen MR) is 76.4 cm³/mol. The number of benzene rings is 1. The van der Waals surface area contributed by atoms with Crippen molar-refractivity contribution < 1.29 is 18.3 Å². The zero-order valence-corrected chi connectivity index (χ0v) is 12.0. The molecule has 0 saturated heterocycles. The number of carbonyl (C=O) groups is 1. The Labute approximate surface area is 123 Å². The van der Waals surface area contributed by atoms with Crippen molar-refractivity contribution in [1.29, 1.82) is 0 Å². The quantitative estimate of drug-likeness (QED) is 0.836. The maximum Gasteiger partial charge on any atom is 0.387 e. The third kappa shape index (κ3) is 5.69. The van der Waals surface area contributed by atoms with Gasteiger partial charge < -0.3 is 10.1 Å². The molecule has 0 radical (unpaired) electrons. The Morgan fingerprint density at radius 2 is 1.90 bits per heavy atom. The lowest BCUT2D eigenvalue weighted by molar-refractivity contribution is -0.121. The smallest absolute Gasteiger partial charge is 0.387 e. The van der Waals surface area contributed by atoms with E-state index < -0.39 is 6.61 Å². The molecule has 0 bridgehead atoms. The van der Waals surface area contributed by atoms with Gasteiger partial charge in [-0.15, -0.1) is 0 Å². The summed E-state index contributed by atoms with van der Waals surface area (Å²) in [5, 5.41) is 2.91. The van der Waals surface area contributed by atoms with Gasteiger partial charge in [-0.05, 0) is 42.9 Å². The van der Waals surface area contributed by atoms with Gasteiger partial charge >= 0.3 is 6.61 Å². The van der Waals surface area contributed by atoms with E-state index in [2.05, 4.69) is 10.1 Å². The number of carbonyl (C=O) groups excluding carboxylic acids is 1. The Morgan fingerprint density at radius 3 is 2.52 bits per heavy atom. The van der Waals surface area contributed by atoms with Crippen LogP contribution in [0.5, 0.6) is 5.75 Å². The highest BCUT2D eigenvalue weighted by atomic mass is 19.3. The maximum atomic E-state index is 12.0. The summed E-state index contributed by atoms with van der Waals surface area (Å²) in [6, 6.07) is 6.51. The van der Waals surface area contributed by atoms with Gasteiger partial charge in [-0.25, -0.2) is 0 Å². The molecule has 1 amide bonds. The summed E-state index contributed by atoms with van der Waals surface area (Å²) in [4.78, 5) is 11.8. The van der Waals surface area contributed by atoms with E-state index in [1.807, 2.05) is 0 Å². The number of nitrogens with one attached hydrogen (secondary N) is 1. The molecule has 1 aliphatic carbocycles. The minimum atomic E-state index is -2.80. The first-order valence-corrected chi connectivity index (χ1v) is 7.44. The molecular formula is C16H21F2NO2. The average Bonchev–Trinajstić information content (AvgIpc) is 2.93. The van der Waals surface area contributed by atoms with Gasteiger partial charge in [-0.2, -0.15) is 8.78 Å². The Morgan fingerprint density at radius 1 is 1.24 bits per heavy atom. The first kappa shape index (κ1) is 15.7. The molecule has 1 aromatic rings. The van der Waals surface area contributed by atoms with E-state index in [4.69, 9.17) is 0 Å². The van der Waals surface area contributed by atoms with E-state index >= 15 is 0 Å². The molecule has 1 fully saturated rings.